The first-order valence-electron chi connectivity index (χ1n) is 13.1. The van der Waals surface area contributed by atoms with Crippen LogP contribution in [0.2, 0.25) is 0 Å². The lowest BCUT2D eigenvalue weighted by molar-refractivity contribution is -0.147. The second kappa shape index (κ2) is 12.6. The predicted octanol–water partition coefficient (Wildman–Crippen LogP) is 3.23. The molecule has 0 radical (unpaired) electrons. The zero-order chi connectivity index (χ0) is 30.6. The number of alkyl halides is 2. The van der Waals surface area contributed by atoms with Gasteiger partial charge in [0.1, 0.15) is 23.4 Å². The summed E-state index contributed by atoms with van der Waals surface area (Å²) in [6.07, 6.45) is -3.14. The van der Waals surface area contributed by atoms with E-state index >= 15 is 0 Å². The molecule has 3 amide bonds. The lowest BCUT2D eigenvalue weighted by Gasteiger charge is -2.30. The number of amides is 3. The molecule has 0 aliphatic carbocycles. The van der Waals surface area contributed by atoms with Gasteiger partial charge < -0.3 is 25.7 Å². The summed E-state index contributed by atoms with van der Waals surface area (Å²) in [7, 11) is 0. The van der Waals surface area contributed by atoms with E-state index in [1.165, 1.54) is 25.1 Å². The van der Waals surface area contributed by atoms with Gasteiger partial charge in [-0.05, 0) is 37.1 Å². The Kier molecular flexibility index (Phi) is 9.15. The van der Waals surface area contributed by atoms with Gasteiger partial charge >= 0.3 is 0 Å². The fourth-order valence-electron chi connectivity index (χ4n) is 4.82. The van der Waals surface area contributed by atoms with Crippen molar-refractivity contribution in [2.75, 3.05) is 6.54 Å². The fraction of sp³-hybridized carbons (Fsp3) is 0.300. The highest BCUT2D eigenvalue weighted by atomic mass is 19.3. The molecule has 0 spiro atoms. The number of carbonyl (C=O) groups excluding carboxylic acids is 3. The Hall–Kier alpha value is -4.45. The molecule has 0 aromatic heterocycles. The highest BCUT2D eigenvalue weighted by Crippen LogP contribution is 2.33. The molecule has 8 nitrogen and oxygen atoms in total. The number of phenolic OH excluding ortho intramolecular Hbond substituents is 1. The Morgan fingerprint density at radius 2 is 1.76 bits per heavy atom. The number of rotatable bonds is 9. The Morgan fingerprint density at radius 3 is 2.45 bits per heavy atom. The van der Waals surface area contributed by atoms with Crippen LogP contribution in [0.1, 0.15) is 33.5 Å². The summed E-state index contributed by atoms with van der Waals surface area (Å²) in [6.45, 7) is -0.109. The van der Waals surface area contributed by atoms with E-state index < -0.39 is 73.0 Å². The predicted molar refractivity (Wildman–Crippen MR) is 144 cm³/mol. The molecule has 1 fully saturated rings. The lowest BCUT2D eigenvalue weighted by atomic mass is 9.98. The normalized spacial score (nSPS) is 17.4. The average molecular weight is 588 g/mol. The largest absolute Gasteiger partial charge is 0.508 e. The van der Waals surface area contributed by atoms with Crippen molar-refractivity contribution in [2.45, 2.75) is 50.4 Å². The summed E-state index contributed by atoms with van der Waals surface area (Å²) in [5.74, 6) is -8.34. The van der Waals surface area contributed by atoms with E-state index in [1.54, 1.807) is 30.3 Å². The number of carbonyl (C=O) groups is 3. The maximum atomic E-state index is 14.5. The number of phenols is 1. The van der Waals surface area contributed by atoms with Crippen LogP contribution in [0, 0.1) is 18.6 Å². The minimum Gasteiger partial charge on any atom is -0.508 e. The van der Waals surface area contributed by atoms with Gasteiger partial charge in [-0.3, -0.25) is 14.4 Å². The van der Waals surface area contributed by atoms with E-state index in [1.807, 2.05) is 0 Å². The molecule has 3 atom stereocenters. The van der Waals surface area contributed by atoms with E-state index in [4.69, 9.17) is 0 Å². The van der Waals surface area contributed by atoms with Gasteiger partial charge in [-0.25, -0.2) is 17.6 Å². The van der Waals surface area contributed by atoms with Crippen LogP contribution in [0.5, 0.6) is 5.75 Å². The monoisotopic (exact) mass is 587 g/mol. The fourth-order valence-corrected chi connectivity index (χ4v) is 4.82. The first kappa shape index (κ1) is 30.5. The molecular formula is C30H29F4N3O5. The van der Waals surface area contributed by atoms with Crippen LogP contribution in [0.3, 0.4) is 0 Å². The molecule has 1 aliphatic rings. The molecule has 1 heterocycles. The van der Waals surface area contributed by atoms with Gasteiger partial charge in [0.15, 0.2) is 6.10 Å². The lowest BCUT2D eigenvalue weighted by Crippen LogP contribution is -2.56. The Bertz CT molecular complexity index is 1470. The number of nitrogens with one attached hydrogen (secondary N) is 2. The first-order chi connectivity index (χ1) is 19.9. The van der Waals surface area contributed by atoms with Crippen molar-refractivity contribution >= 4 is 17.7 Å². The second-order valence-electron chi connectivity index (χ2n) is 10.2. The molecule has 3 aromatic carbocycles. The van der Waals surface area contributed by atoms with Crippen molar-refractivity contribution in [3.8, 4) is 5.75 Å². The van der Waals surface area contributed by atoms with Gasteiger partial charge in [0.25, 0.3) is 17.7 Å². The Labute approximate surface area is 239 Å². The van der Waals surface area contributed by atoms with Crippen molar-refractivity contribution in [3.63, 3.8) is 0 Å². The summed E-state index contributed by atoms with van der Waals surface area (Å²) < 4.78 is 56.2. The van der Waals surface area contributed by atoms with E-state index in [0.717, 1.165) is 12.1 Å². The third kappa shape index (κ3) is 7.06. The summed E-state index contributed by atoms with van der Waals surface area (Å²) in [4.78, 5) is 40.0. The van der Waals surface area contributed by atoms with Crippen LogP contribution in [0.15, 0.2) is 66.7 Å². The smallest absolute Gasteiger partial charge is 0.267 e. The van der Waals surface area contributed by atoms with Gasteiger partial charge in [0.2, 0.25) is 5.91 Å². The Balaban J connectivity index is 1.55. The van der Waals surface area contributed by atoms with Crippen molar-refractivity contribution < 1.29 is 42.2 Å². The molecule has 0 bridgehead atoms. The topological polar surface area (TPSA) is 119 Å². The summed E-state index contributed by atoms with van der Waals surface area (Å²) >= 11 is 0. The minimum atomic E-state index is -3.46. The highest BCUT2D eigenvalue weighted by Gasteiger charge is 2.51. The maximum Gasteiger partial charge on any atom is 0.267 e. The number of hydrogen-bond donors (Lipinski definition) is 4. The standard InChI is InChI=1S/C30H29F4N3O5/c1-17-21(8-5-9-25(17)38)27(40)36-23(12-18-6-3-2-4-7-18)26(39)29(42)37-16-30(33,34)14-24(37)28(41)35-15-19-10-11-20(31)13-22(19)32/h2-11,13,23-24,26,38-39H,12,14-16H2,1H3,(H,35,41)(H,36,40). The molecule has 12 heteroatoms. The van der Waals surface area contributed by atoms with Crippen molar-refractivity contribution in [3.05, 3.63) is 101 Å². The highest BCUT2D eigenvalue weighted by molar-refractivity contribution is 5.97. The second-order valence-corrected chi connectivity index (χ2v) is 10.2. The molecule has 4 rings (SSSR count). The number of aliphatic hydroxyl groups is 1. The number of aromatic hydroxyl groups is 1. The van der Waals surface area contributed by atoms with Crippen LogP contribution in [0.4, 0.5) is 17.6 Å². The quantitative estimate of drug-likeness (QED) is 0.287. The Morgan fingerprint density at radius 1 is 1.05 bits per heavy atom. The molecule has 222 valence electrons. The summed E-state index contributed by atoms with van der Waals surface area (Å²) in [5.41, 5.74) is 0.846. The number of nitrogens with zero attached hydrogens (tertiary/aromatic N) is 1. The molecule has 4 N–H and O–H groups in total. The molecule has 1 saturated heterocycles. The molecule has 0 saturated carbocycles. The van der Waals surface area contributed by atoms with Gasteiger partial charge in [-0.1, -0.05) is 42.5 Å². The van der Waals surface area contributed by atoms with Crippen LogP contribution in [0.25, 0.3) is 0 Å². The van der Waals surface area contributed by atoms with E-state index in [-0.39, 0.29) is 28.9 Å². The molecule has 42 heavy (non-hydrogen) atoms. The number of hydrogen-bond acceptors (Lipinski definition) is 5. The van der Waals surface area contributed by atoms with Gasteiger partial charge in [0.05, 0.1) is 12.6 Å². The number of halogens is 4. The van der Waals surface area contributed by atoms with E-state index in [2.05, 4.69) is 10.6 Å². The van der Waals surface area contributed by atoms with Crippen molar-refractivity contribution in [1.29, 1.82) is 0 Å². The molecule has 1 aliphatic heterocycles. The summed E-state index contributed by atoms with van der Waals surface area (Å²) in [5, 5.41) is 26.0. The average Bonchev–Trinajstić information content (AvgIpc) is 3.28. The summed E-state index contributed by atoms with van der Waals surface area (Å²) in [6, 6.07) is 12.4. The zero-order valence-electron chi connectivity index (χ0n) is 22.5. The number of benzene rings is 3. The number of aliphatic hydroxyl groups excluding tert-OH is 1. The van der Waals surface area contributed by atoms with Gasteiger partial charge in [-0.15, -0.1) is 0 Å². The van der Waals surface area contributed by atoms with Crippen LogP contribution in [-0.2, 0) is 22.6 Å². The molecular weight excluding hydrogens is 558 g/mol. The van der Waals surface area contributed by atoms with Crippen LogP contribution in [-0.4, -0.2) is 63.5 Å². The third-order valence-electron chi connectivity index (χ3n) is 7.12. The van der Waals surface area contributed by atoms with Gasteiger partial charge in [-0.2, -0.15) is 0 Å². The van der Waals surface area contributed by atoms with Crippen molar-refractivity contribution in [1.82, 2.24) is 15.5 Å². The molecule has 3 unspecified atom stereocenters. The van der Waals surface area contributed by atoms with E-state index in [9.17, 15) is 42.2 Å². The SMILES string of the molecule is Cc1c(O)cccc1C(=O)NC(Cc1ccccc1)C(O)C(=O)N1CC(F)(F)CC1C(=O)NCc1ccc(F)cc1F. The van der Waals surface area contributed by atoms with Crippen molar-refractivity contribution in [2.24, 2.45) is 0 Å². The van der Waals surface area contributed by atoms with Crippen LogP contribution >= 0.6 is 0 Å². The van der Waals surface area contributed by atoms with Crippen LogP contribution < -0.4 is 10.6 Å². The third-order valence-corrected chi connectivity index (χ3v) is 7.12. The van der Waals surface area contributed by atoms with Gasteiger partial charge in [0, 0.05) is 35.7 Å². The first-order valence-corrected chi connectivity index (χ1v) is 13.1. The van der Waals surface area contributed by atoms with E-state index in [0.29, 0.717) is 16.5 Å². The maximum absolute atomic E-state index is 14.5. The minimum absolute atomic E-state index is 0.0672. The zero-order valence-corrected chi connectivity index (χ0v) is 22.5. The molecule has 3 aromatic rings. The number of likely N-dealkylation sites (tertiary alicyclic amines) is 1.